The highest BCUT2D eigenvalue weighted by molar-refractivity contribution is 6.00. The number of aromatic nitrogens is 2. The molecule has 2 aromatic rings. The van der Waals surface area contributed by atoms with Crippen molar-refractivity contribution in [1.82, 2.24) is 14.7 Å². The van der Waals surface area contributed by atoms with E-state index in [0.717, 1.165) is 43.0 Å². The van der Waals surface area contributed by atoms with Crippen molar-refractivity contribution in [2.75, 3.05) is 14.1 Å². The number of hydrogen-bond donors (Lipinski definition) is 1. The van der Waals surface area contributed by atoms with Crippen LogP contribution < -0.4 is 5.73 Å². The average Bonchev–Trinajstić information content (AvgIpc) is 3.05. The molecule has 0 saturated heterocycles. The fourth-order valence-corrected chi connectivity index (χ4v) is 3.96. The molecule has 2 aliphatic rings. The number of nitrogens with zero attached hydrogens (tertiary/aromatic N) is 4. The van der Waals surface area contributed by atoms with E-state index in [1.165, 1.54) is 23.1 Å². The summed E-state index contributed by atoms with van der Waals surface area (Å²) in [5, 5.41) is 4.57. The van der Waals surface area contributed by atoms with Gasteiger partial charge in [-0.25, -0.2) is 9.67 Å². The lowest BCUT2D eigenvalue weighted by molar-refractivity contribution is 0.344. The van der Waals surface area contributed by atoms with E-state index in [2.05, 4.69) is 54.3 Å². The average molecular weight is 323 g/mol. The first kappa shape index (κ1) is 15.4. The molecule has 1 aliphatic carbocycles. The molecule has 1 fully saturated rings. The first-order chi connectivity index (χ1) is 11.5. The Kier molecular flexibility index (Phi) is 3.49. The highest BCUT2D eigenvalue weighted by Crippen LogP contribution is 2.52. The van der Waals surface area contributed by atoms with Crippen LogP contribution in [0.3, 0.4) is 0 Å². The topological polar surface area (TPSA) is 59.4 Å². The van der Waals surface area contributed by atoms with E-state index in [9.17, 15) is 0 Å². The van der Waals surface area contributed by atoms with Crippen molar-refractivity contribution < 1.29 is 0 Å². The lowest BCUT2D eigenvalue weighted by Gasteiger charge is -2.39. The Balaban J connectivity index is 1.77. The van der Waals surface area contributed by atoms with E-state index in [1.807, 2.05) is 10.9 Å². The van der Waals surface area contributed by atoms with Gasteiger partial charge in [0.2, 0.25) is 0 Å². The van der Waals surface area contributed by atoms with Gasteiger partial charge in [0.15, 0.2) is 0 Å². The number of nitrogens with two attached hydrogens (primary N) is 1. The Hall–Kier alpha value is -2.14. The van der Waals surface area contributed by atoms with Crippen molar-refractivity contribution in [1.29, 1.82) is 0 Å². The zero-order valence-corrected chi connectivity index (χ0v) is 14.7. The van der Waals surface area contributed by atoms with E-state index in [1.54, 1.807) is 0 Å². The third-order valence-electron chi connectivity index (χ3n) is 5.41. The van der Waals surface area contributed by atoms with Gasteiger partial charge >= 0.3 is 0 Å². The number of hydrogen-bond acceptors (Lipinski definition) is 4. The summed E-state index contributed by atoms with van der Waals surface area (Å²) in [7, 11) is 4.14. The molecule has 1 aromatic carbocycles. The third kappa shape index (κ3) is 2.18. The number of aryl methyl sites for hydroxylation is 1. The molecule has 4 rings (SSSR count). The number of aliphatic imine (C=N–C) groups is 1. The maximum atomic E-state index is 6.29. The number of fused-ring (bicyclic) bond motifs is 2. The smallest absolute Gasteiger partial charge is 0.110 e. The molecular formula is C19H25N5. The predicted octanol–water partition coefficient (Wildman–Crippen LogP) is 2.92. The van der Waals surface area contributed by atoms with Crippen LogP contribution >= 0.6 is 0 Å². The fourth-order valence-electron chi connectivity index (χ4n) is 3.96. The van der Waals surface area contributed by atoms with Crippen LogP contribution in [0.15, 0.2) is 29.5 Å². The quantitative estimate of drug-likeness (QED) is 0.941. The van der Waals surface area contributed by atoms with Gasteiger partial charge in [0.25, 0.3) is 0 Å². The third-order valence-corrected chi connectivity index (χ3v) is 5.41. The van der Waals surface area contributed by atoms with Crippen molar-refractivity contribution in [3.63, 3.8) is 0 Å². The minimum Gasteiger partial charge on any atom is -0.386 e. The molecule has 1 aliphatic heterocycles. The summed E-state index contributed by atoms with van der Waals surface area (Å²) in [5.41, 5.74) is 12.3. The Bertz CT molecular complexity index is 811. The summed E-state index contributed by atoms with van der Waals surface area (Å²) in [6, 6.07) is 4.49. The summed E-state index contributed by atoms with van der Waals surface area (Å²) in [5.74, 6) is 0.803. The highest BCUT2D eigenvalue weighted by Gasteiger charge is 2.47. The van der Waals surface area contributed by atoms with Gasteiger partial charge in [0.05, 0.1) is 23.0 Å². The van der Waals surface area contributed by atoms with Crippen LogP contribution in [0, 0.1) is 0 Å². The van der Waals surface area contributed by atoms with E-state index in [-0.39, 0.29) is 5.41 Å². The van der Waals surface area contributed by atoms with Crippen LogP contribution in [0.1, 0.15) is 42.9 Å². The Morgan fingerprint density at radius 2 is 2.08 bits per heavy atom. The molecule has 0 atom stereocenters. The second-order valence-corrected chi connectivity index (χ2v) is 7.32. The largest absolute Gasteiger partial charge is 0.386 e. The maximum Gasteiger partial charge on any atom is 0.110 e. The van der Waals surface area contributed by atoms with Crippen LogP contribution in [0.25, 0.3) is 5.69 Å². The molecule has 0 unspecified atom stereocenters. The summed E-state index contributed by atoms with van der Waals surface area (Å²) >= 11 is 0. The van der Waals surface area contributed by atoms with Crippen LogP contribution in [0.2, 0.25) is 0 Å². The van der Waals surface area contributed by atoms with Gasteiger partial charge in [-0.05, 0) is 50.6 Å². The molecular weight excluding hydrogens is 298 g/mol. The molecule has 2 N–H and O–H groups in total. The zero-order valence-electron chi connectivity index (χ0n) is 14.7. The monoisotopic (exact) mass is 323 g/mol. The van der Waals surface area contributed by atoms with Gasteiger partial charge in [-0.1, -0.05) is 19.4 Å². The first-order valence-electron chi connectivity index (χ1n) is 8.74. The second-order valence-electron chi connectivity index (χ2n) is 7.32. The van der Waals surface area contributed by atoms with Crippen molar-refractivity contribution in [2.45, 2.75) is 44.6 Å². The van der Waals surface area contributed by atoms with Crippen LogP contribution in [-0.2, 0) is 18.4 Å². The van der Waals surface area contributed by atoms with Crippen LogP contribution in [0.4, 0.5) is 5.69 Å². The lowest BCUT2D eigenvalue weighted by Crippen LogP contribution is -2.44. The molecule has 1 aromatic heterocycles. The predicted molar refractivity (Wildman–Crippen MR) is 97.1 cm³/mol. The van der Waals surface area contributed by atoms with Crippen molar-refractivity contribution >= 4 is 11.5 Å². The summed E-state index contributed by atoms with van der Waals surface area (Å²) in [4.78, 5) is 6.84. The fraction of sp³-hybridized carbons (Fsp3) is 0.474. The van der Waals surface area contributed by atoms with E-state index >= 15 is 0 Å². The van der Waals surface area contributed by atoms with E-state index in [4.69, 9.17) is 5.73 Å². The minimum absolute atomic E-state index is 0.0258. The molecule has 2 heterocycles. The first-order valence-corrected chi connectivity index (χ1v) is 8.74. The Morgan fingerprint density at radius 1 is 1.29 bits per heavy atom. The van der Waals surface area contributed by atoms with Crippen molar-refractivity contribution in [3.8, 4) is 5.69 Å². The number of rotatable bonds is 4. The molecule has 0 radical (unpaired) electrons. The SMILES string of the molecule is CCc1cc2c(cc1-n1cc(CN(C)C)cn1)N=C(N)C21CCC1. The standard InChI is InChI=1S/C19H25N5/c1-4-14-8-15-16(22-18(20)19(15)6-5-7-19)9-17(14)24-12-13(10-21-24)11-23(2)3/h8-10,12H,4-7,11H2,1-3H3,(H2,20,22). The molecule has 0 amide bonds. The van der Waals surface area contributed by atoms with Crippen molar-refractivity contribution in [2.24, 2.45) is 10.7 Å². The summed E-state index contributed by atoms with van der Waals surface area (Å²) < 4.78 is 1.98. The molecule has 1 spiro atoms. The van der Waals surface area contributed by atoms with Gasteiger partial charge in [0, 0.05) is 18.3 Å². The Morgan fingerprint density at radius 3 is 2.71 bits per heavy atom. The maximum absolute atomic E-state index is 6.29. The van der Waals surface area contributed by atoms with E-state index < -0.39 is 0 Å². The molecule has 24 heavy (non-hydrogen) atoms. The zero-order chi connectivity index (χ0) is 16.9. The van der Waals surface area contributed by atoms with E-state index in [0.29, 0.717) is 0 Å². The molecule has 126 valence electrons. The Labute approximate surface area is 143 Å². The van der Waals surface area contributed by atoms with Gasteiger partial charge < -0.3 is 10.6 Å². The number of benzene rings is 1. The molecule has 5 nitrogen and oxygen atoms in total. The normalized spacial score (nSPS) is 17.9. The van der Waals surface area contributed by atoms with Gasteiger partial charge in [-0.2, -0.15) is 5.10 Å². The lowest BCUT2D eigenvalue weighted by atomic mass is 9.64. The minimum atomic E-state index is 0.0258. The molecule has 1 saturated carbocycles. The van der Waals surface area contributed by atoms with Gasteiger partial charge in [-0.3, -0.25) is 0 Å². The summed E-state index contributed by atoms with van der Waals surface area (Å²) in [6.07, 6.45) is 8.53. The van der Waals surface area contributed by atoms with Crippen LogP contribution in [-0.4, -0.2) is 34.6 Å². The van der Waals surface area contributed by atoms with Gasteiger partial charge in [0.1, 0.15) is 5.84 Å². The van der Waals surface area contributed by atoms with Crippen LogP contribution in [0.5, 0.6) is 0 Å². The van der Waals surface area contributed by atoms with Crippen molar-refractivity contribution in [3.05, 3.63) is 41.2 Å². The van der Waals surface area contributed by atoms with Gasteiger partial charge in [-0.15, -0.1) is 0 Å². The highest BCUT2D eigenvalue weighted by atomic mass is 15.3. The second kappa shape index (κ2) is 5.45. The summed E-state index contributed by atoms with van der Waals surface area (Å²) in [6.45, 7) is 3.09. The molecule has 0 bridgehead atoms. The number of amidine groups is 1. The molecule has 5 heteroatoms.